The molecular formula is C16H24N2O. The van der Waals surface area contributed by atoms with Crippen molar-refractivity contribution in [2.24, 2.45) is 11.7 Å². The van der Waals surface area contributed by atoms with Crippen LogP contribution in [0, 0.1) is 5.92 Å². The zero-order chi connectivity index (χ0) is 13.5. The summed E-state index contributed by atoms with van der Waals surface area (Å²) in [5.41, 5.74) is 7.14. The highest BCUT2D eigenvalue weighted by molar-refractivity contribution is 5.81. The summed E-state index contributed by atoms with van der Waals surface area (Å²) in [5, 5.41) is 2.94. The summed E-state index contributed by atoms with van der Waals surface area (Å²) >= 11 is 0. The number of carbonyl (C=O) groups is 1. The largest absolute Gasteiger partial charge is 0.355 e. The van der Waals surface area contributed by atoms with Crippen LogP contribution in [0.15, 0.2) is 30.3 Å². The van der Waals surface area contributed by atoms with Gasteiger partial charge in [-0.15, -0.1) is 0 Å². The Hall–Kier alpha value is -1.35. The minimum atomic E-state index is -0.388. The molecule has 1 aliphatic carbocycles. The number of nitrogens with two attached hydrogens (primary N) is 1. The maximum atomic E-state index is 11.8. The predicted molar refractivity (Wildman–Crippen MR) is 77.7 cm³/mol. The second-order valence-corrected chi connectivity index (χ2v) is 5.51. The molecule has 0 aliphatic heterocycles. The maximum Gasteiger partial charge on any atom is 0.236 e. The van der Waals surface area contributed by atoms with Crippen molar-refractivity contribution in [1.29, 1.82) is 0 Å². The van der Waals surface area contributed by atoms with Crippen LogP contribution in [0.3, 0.4) is 0 Å². The summed E-state index contributed by atoms with van der Waals surface area (Å²) < 4.78 is 0. The van der Waals surface area contributed by atoms with Crippen LogP contribution in [0.5, 0.6) is 0 Å². The van der Waals surface area contributed by atoms with E-state index in [0.717, 1.165) is 25.3 Å². The standard InChI is InChI=1S/C16H24N2O/c17-15(11-10-13-5-2-1-3-6-13)16(19)18-12-4-7-14-8-9-14/h1-3,5-6,14-15H,4,7-12,17H2,(H,18,19)/t15-/m0/s1. The lowest BCUT2D eigenvalue weighted by Gasteiger charge is -2.12. The van der Waals surface area contributed by atoms with E-state index in [-0.39, 0.29) is 11.9 Å². The summed E-state index contributed by atoms with van der Waals surface area (Å²) in [7, 11) is 0. The molecular weight excluding hydrogens is 236 g/mol. The molecule has 1 fully saturated rings. The molecule has 1 aromatic rings. The first kappa shape index (κ1) is 14.1. The van der Waals surface area contributed by atoms with Gasteiger partial charge in [-0.25, -0.2) is 0 Å². The first-order valence-corrected chi connectivity index (χ1v) is 7.33. The van der Waals surface area contributed by atoms with Gasteiger partial charge in [0.05, 0.1) is 6.04 Å². The molecule has 1 aromatic carbocycles. The molecule has 1 atom stereocenters. The van der Waals surface area contributed by atoms with Crippen molar-refractivity contribution in [2.45, 2.75) is 44.6 Å². The van der Waals surface area contributed by atoms with E-state index >= 15 is 0 Å². The summed E-state index contributed by atoms with van der Waals surface area (Å²) in [6.45, 7) is 0.772. The van der Waals surface area contributed by atoms with E-state index in [9.17, 15) is 4.79 Å². The van der Waals surface area contributed by atoms with Crippen LogP contribution in [0.1, 0.15) is 37.7 Å². The quantitative estimate of drug-likeness (QED) is 0.704. The normalized spacial score (nSPS) is 16.1. The molecule has 3 nitrogen and oxygen atoms in total. The molecule has 0 saturated heterocycles. The molecule has 1 aliphatic rings. The fourth-order valence-electron chi connectivity index (χ4n) is 2.24. The molecule has 1 amide bonds. The van der Waals surface area contributed by atoms with Crippen LogP contribution in [0.4, 0.5) is 0 Å². The fraction of sp³-hybridized carbons (Fsp3) is 0.562. The third-order valence-electron chi connectivity index (χ3n) is 3.71. The Morgan fingerprint density at radius 3 is 2.74 bits per heavy atom. The Balaban J connectivity index is 1.58. The molecule has 0 radical (unpaired) electrons. The molecule has 3 N–H and O–H groups in total. The van der Waals surface area contributed by atoms with Crippen LogP contribution in [-0.2, 0) is 11.2 Å². The Morgan fingerprint density at radius 2 is 2.05 bits per heavy atom. The van der Waals surface area contributed by atoms with E-state index in [1.807, 2.05) is 18.2 Å². The highest BCUT2D eigenvalue weighted by atomic mass is 16.2. The van der Waals surface area contributed by atoms with Crippen molar-refractivity contribution in [3.63, 3.8) is 0 Å². The lowest BCUT2D eigenvalue weighted by molar-refractivity contribution is -0.122. The SMILES string of the molecule is N[C@@H](CCc1ccccc1)C(=O)NCCCC1CC1. The molecule has 0 bridgehead atoms. The van der Waals surface area contributed by atoms with Crippen LogP contribution in [-0.4, -0.2) is 18.5 Å². The zero-order valence-corrected chi connectivity index (χ0v) is 11.5. The molecule has 0 aromatic heterocycles. The van der Waals surface area contributed by atoms with Gasteiger partial charge in [0.15, 0.2) is 0 Å². The minimum Gasteiger partial charge on any atom is -0.355 e. The van der Waals surface area contributed by atoms with Crippen molar-refractivity contribution in [3.05, 3.63) is 35.9 Å². The van der Waals surface area contributed by atoms with Crippen molar-refractivity contribution in [3.8, 4) is 0 Å². The van der Waals surface area contributed by atoms with Gasteiger partial charge in [-0.1, -0.05) is 43.2 Å². The van der Waals surface area contributed by atoms with Gasteiger partial charge in [0.2, 0.25) is 5.91 Å². The predicted octanol–water partition coefficient (Wildman–Crippen LogP) is 2.25. The lowest BCUT2D eigenvalue weighted by Crippen LogP contribution is -2.41. The van der Waals surface area contributed by atoms with Crippen LogP contribution in [0.25, 0.3) is 0 Å². The van der Waals surface area contributed by atoms with Crippen molar-refractivity contribution in [2.75, 3.05) is 6.54 Å². The first-order valence-electron chi connectivity index (χ1n) is 7.33. The molecule has 0 unspecified atom stereocenters. The molecule has 0 spiro atoms. The number of hydrogen-bond donors (Lipinski definition) is 2. The van der Waals surface area contributed by atoms with E-state index < -0.39 is 0 Å². The van der Waals surface area contributed by atoms with Crippen molar-refractivity contribution < 1.29 is 4.79 Å². The van der Waals surface area contributed by atoms with Crippen LogP contribution in [0.2, 0.25) is 0 Å². The number of aryl methyl sites for hydroxylation is 1. The second-order valence-electron chi connectivity index (χ2n) is 5.51. The fourth-order valence-corrected chi connectivity index (χ4v) is 2.24. The summed E-state index contributed by atoms with van der Waals surface area (Å²) in [6, 6.07) is 9.77. The highest BCUT2D eigenvalue weighted by Crippen LogP contribution is 2.33. The molecule has 1 saturated carbocycles. The Labute approximate surface area is 115 Å². The molecule has 2 rings (SSSR count). The van der Waals surface area contributed by atoms with Gasteiger partial charge in [-0.3, -0.25) is 4.79 Å². The van der Waals surface area contributed by atoms with Gasteiger partial charge in [-0.2, -0.15) is 0 Å². The van der Waals surface area contributed by atoms with Crippen LogP contribution < -0.4 is 11.1 Å². The van der Waals surface area contributed by atoms with E-state index in [1.54, 1.807) is 0 Å². The van der Waals surface area contributed by atoms with Gasteiger partial charge < -0.3 is 11.1 Å². The Morgan fingerprint density at radius 1 is 1.32 bits per heavy atom. The number of nitrogens with one attached hydrogen (secondary N) is 1. The van der Waals surface area contributed by atoms with E-state index in [2.05, 4.69) is 17.4 Å². The van der Waals surface area contributed by atoms with Crippen molar-refractivity contribution in [1.82, 2.24) is 5.32 Å². The smallest absolute Gasteiger partial charge is 0.236 e. The Kier molecular flexibility index (Phi) is 5.40. The monoisotopic (exact) mass is 260 g/mol. The van der Waals surface area contributed by atoms with E-state index in [0.29, 0.717) is 6.42 Å². The highest BCUT2D eigenvalue weighted by Gasteiger charge is 2.20. The molecule has 19 heavy (non-hydrogen) atoms. The van der Waals surface area contributed by atoms with E-state index in [1.165, 1.54) is 24.8 Å². The first-order chi connectivity index (χ1) is 9.25. The summed E-state index contributed by atoms with van der Waals surface area (Å²) in [5.74, 6) is 0.926. The molecule has 3 heteroatoms. The zero-order valence-electron chi connectivity index (χ0n) is 11.5. The number of benzene rings is 1. The minimum absolute atomic E-state index is 0.00766. The van der Waals surface area contributed by atoms with Crippen LogP contribution >= 0.6 is 0 Å². The average Bonchev–Trinajstić information content (AvgIpc) is 3.26. The van der Waals surface area contributed by atoms with E-state index in [4.69, 9.17) is 5.73 Å². The third kappa shape index (κ3) is 5.43. The topological polar surface area (TPSA) is 55.1 Å². The van der Waals surface area contributed by atoms with Crippen molar-refractivity contribution >= 4 is 5.91 Å². The lowest BCUT2D eigenvalue weighted by atomic mass is 10.1. The van der Waals surface area contributed by atoms with Gasteiger partial charge in [-0.05, 0) is 37.2 Å². The Bertz CT molecular complexity index is 387. The maximum absolute atomic E-state index is 11.8. The molecule has 0 heterocycles. The summed E-state index contributed by atoms with van der Waals surface area (Å²) in [6.07, 6.45) is 6.66. The third-order valence-corrected chi connectivity index (χ3v) is 3.71. The molecule has 104 valence electrons. The number of amides is 1. The van der Waals surface area contributed by atoms with Gasteiger partial charge in [0.25, 0.3) is 0 Å². The second kappa shape index (κ2) is 7.29. The van der Waals surface area contributed by atoms with Gasteiger partial charge in [0, 0.05) is 6.54 Å². The summed E-state index contributed by atoms with van der Waals surface area (Å²) in [4.78, 5) is 11.8. The van der Waals surface area contributed by atoms with Gasteiger partial charge in [0.1, 0.15) is 0 Å². The number of carbonyl (C=O) groups excluding carboxylic acids is 1. The van der Waals surface area contributed by atoms with Gasteiger partial charge >= 0.3 is 0 Å². The number of rotatable bonds is 8. The number of hydrogen-bond acceptors (Lipinski definition) is 2. The average molecular weight is 260 g/mol.